The molecule has 1 aromatic carbocycles. The van der Waals surface area contributed by atoms with Gasteiger partial charge < -0.3 is 16.2 Å². The van der Waals surface area contributed by atoms with Crippen LogP contribution in [0.5, 0.6) is 0 Å². The van der Waals surface area contributed by atoms with E-state index in [-0.39, 0.29) is 6.42 Å². The van der Waals surface area contributed by atoms with Crippen molar-refractivity contribution < 1.29 is 14.7 Å². The van der Waals surface area contributed by atoms with E-state index < -0.39 is 17.7 Å². The van der Waals surface area contributed by atoms with E-state index in [2.05, 4.69) is 5.32 Å². The normalized spacial score (nSPS) is 22.3. The van der Waals surface area contributed by atoms with Gasteiger partial charge in [0.1, 0.15) is 0 Å². The van der Waals surface area contributed by atoms with Gasteiger partial charge in [-0.3, -0.25) is 9.69 Å². The molecule has 0 radical (unpaired) electrons. The Balaban J connectivity index is 2.11. The van der Waals surface area contributed by atoms with Gasteiger partial charge in [-0.25, -0.2) is 4.79 Å². The lowest BCUT2D eigenvalue weighted by atomic mass is 10.1. The monoisotopic (exact) mass is 263 g/mol. The van der Waals surface area contributed by atoms with E-state index in [9.17, 15) is 14.7 Å². The van der Waals surface area contributed by atoms with Gasteiger partial charge in [0.15, 0.2) is 0 Å². The van der Waals surface area contributed by atoms with Crippen LogP contribution in [0.15, 0.2) is 24.3 Å². The van der Waals surface area contributed by atoms with Crippen molar-refractivity contribution in [3.8, 4) is 0 Å². The molecule has 1 unspecified atom stereocenters. The van der Waals surface area contributed by atoms with Crippen molar-refractivity contribution in [3.05, 3.63) is 29.8 Å². The number of primary amides is 1. The van der Waals surface area contributed by atoms with E-state index in [0.717, 1.165) is 10.5 Å². The molecular formula is C13H17N3O3. The predicted octanol–water partition coefficient (Wildman–Crippen LogP) is 0.797. The van der Waals surface area contributed by atoms with Crippen LogP contribution in [0.4, 0.5) is 10.5 Å². The fraction of sp³-hybridized carbons (Fsp3) is 0.385. The van der Waals surface area contributed by atoms with Gasteiger partial charge in [-0.2, -0.15) is 0 Å². The number of aliphatic hydroxyl groups is 1. The first kappa shape index (κ1) is 13.4. The summed E-state index contributed by atoms with van der Waals surface area (Å²) >= 11 is 0. The van der Waals surface area contributed by atoms with Gasteiger partial charge in [0.05, 0.1) is 0 Å². The molecular weight excluding hydrogens is 246 g/mol. The second-order valence-corrected chi connectivity index (χ2v) is 4.73. The van der Waals surface area contributed by atoms with E-state index in [1.54, 1.807) is 12.1 Å². The molecule has 1 aliphatic rings. The Hall–Kier alpha value is -2.08. The number of rotatable bonds is 2. The molecule has 1 fully saturated rings. The van der Waals surface area contributed by atoms with E-state index in [1.165, 1.54) is 0 Å². The summed E-state index contributed by atoms with van der Waals surface area (Å²) in [6, 6.07) is 6.71. The summed E-state index contributed by atoms with van der Waals surface area (Å²) in [6.45, 7) is 2.25. The number of nitrogens with one attached hydrogen (secondary N) is 1. The number of benzene rings is 1. The lowest BCUT2D eigenvalue weighted by molar-refractivity contribution is -0.148. The molecule has 1 saturated heterocycles. The molecule has 102 valence electrons. The highest BCUT2D eigenvalue weighted by molar-refractivity contribution is 5.95. The largest absolute Gasteiger partial charge is 0.365 e. The molecule has 0 aliphatic carbocycles. The SMILES string of the molecule is Cc1ccc(NC(=O)N2CCCC2(O)C(N)=O)cc1. The Morgan fingerprint density at radius 1 is 1.37 bits per heavy atom. The minimum absolute atomic E-state index is 0.170. The number of anilines is 1. The highest BCUT2D eigenvalue weighted by Crippen LogP contribution is 2.27. The average molecular weight is 263 g/mol. The fourth-order valence-corrected chi connectivity index (χ4v) is 2.16. The van der Waals surface area contributed by atoms with Crippen molar-refractivity contribution in [2.24, 2.45) is 5.73 Å². The Bertz CT molecular complexity index is 500. The van der Waals surface area contributed by atoms with Gasteiger partial charge >= 0.3 is 6.03 Å². The van der Waals surface area contributed by atoms with Gasteiger partial charge in [-0.05, 0) is 25.5 Å². The lowest BCUT2D eigenvalue weighted by Gasteiger charge is -2.30. The molecule has 4 N–H and O–H groups in total. The summed E-state index contributed by atoms with van der Waals surface area (Å²) in [7, 11) is 0. The maximum atomic E-state index is 12.1. The van der Waals surface area contributed by atoms with Gasteiger partial charge in [0.25, 0.3) is 5.91 Å². The zero-order valence-electron chi connectivity index (χ0n) is 10.7. The number of carbonyl (C=O) groups excluding carboxylic acids is 2. The number of amides is 3. The maximum absolute atomic E-state index is 12.1. The second-order valence-electron chi connectivity index (χ2n) is 4.73. The van der Waals surface area contributed by atoms with Crippen molar-refractivity contribution in [3.63, 3.8) is 0 Å². The first-order valence-corrected chi connectivity index (χ1v) is 6.11. The quantitative estimate of drug-likeness (QED) is 0.736. The van der Waals surface area contributed by atoms with Crippen molar-refractivity contribution in [1.29, 1.82) is 0 Å². The maximum Gasteiger partial charge on any atom is 0.324 e. The van der Waals surface area contributed by atoms with Crippen LogP contribution in [0.2, 0.25) is 0 Å². The third kappa shape index (κ3) is 2.53. The number of urea groups is 1. The molecule has 0 spiro atoms. The number of nitrogens with zero attached hydrogens (tertiary/aromatic N) is 1. The second kappa shape index (κ2) is 4.89. The summed E-state index contributed by atoms with van der Waals surface area (Å²) in [6.07, 6.45) is 0.713. The lowest BCUT2D eigenvalue weighted by Crippen LogP contribution is -2.57. The number of aryl methyl sites for hydroxylation is 1. The molecule has 1 heterocycles. The Morgan fingerprint density at radius 2 is 2.00 bits per heavy atom. The Kier molecular flexibility index (Phi) is 3.44. The minimum atomic E-state index is -1.88. The standard InChI is InChI=1S/C13H17N3O3/c1-9-3-5-10(6-4-9)15-12(18)16-8-2-7-13(16,19)11(14)17/h3-6,19H,2,7-8H2,1H3,(H2,14,17)(H,15,18). The zero-order chi connectivity index (χ0) is 14.0. The van der Waals surface area contributed by atoms with Crippen LogP contribution in [0.25, 0.3) is 0 Å². The van der Waals surface area contributed by atoms with Gasteiger partial charge in [0, 0.05) is 18.7 Å². The number of hydrogen-bond acceptors (Lipinski definition) is 3. The number of carbonyl (C=O) groups is 2. The van der Waals surface area contributed by atoms with Crippen LogP contribution in [0.1, 0.15) is 18.4 Å². The zero-order valence-corrected chi connectivity index (χ0v) is 10.7. The van der Waals surface area contributed by atoms with Gasteiger partial charge in [-0.15, -0.1) is 0 Å². The first-order chi connectivity index (χ1) is 8.93. The molecule has 19 heavy (non-hydrogen) atoms. The topological polar surface area (TPSA) is 95.7 Å². The Labute approximate surface area is 111 Å². The summed E-state index contributed by atoms with van der Waals surface area (Å²) < 4.78 is 0. The molecule has 1 aliphatic heterocycles. The third-order valence-corrected chi connectivity index (χ3v) is 3.30. The van der Waals surface area contributed by atoms with Crippen molar-refractivity contribution in [2.75, 3.05) is 11.9 Å². The predicted molar refractivity (Wildman–Crippen MR) is 70.3 cm³/mol. The van der Waals surface area contributed by atoms with Gasteiger partial charge in [0.2, 0.25) is 5.72 Å². The number of likely N-dealkylation sites (tertiary alicyclic amines) is 1. The van der Waals surface area contributed by atoms with E-state index >= 15 is 0 Å². The van der Waals surface area contributed by atoms with Crippen LogP contribution in [0, 0.1) is 6.92 Å². The summed E-state index contributed by atoms with van der Waals surface area (Å²) in [5.74, 6) is -0.899. The number of nitrogens with two attached hydrogens (primary N) is 1. The van der Waals surface area contributed by atoms with Crippen LogP contribution in [-0.4, -0.2) is 34.2 Å². The first-order valence-electron chi connectivity index (χ1n) is 6.11. The van der Waals surface area contributed by atoms with Crippen molar-refractivity contribution in [2.45, 2.75) is 25.5 Å². The molecule has 0 bridgehead atoms. The third-order valence-electron chi connectivity index (χ3n) is 3.30. The average Bonchev–Trinajstić information content (AvgIpc) is 2.76. The van der Waals surface area contributed by atoms with Crippen molar-refractivity contribution in [1.82, 2.24) is 4.90 Å². The molecule has 0 aromatic heterocycles. The van der Waals surface area contributed by atoms with E-state index in [4.69, 9.17) is 5.73 Å². The molecule has 1 aromatic rings. The van der Waals surface area contributed by atoms with E-state index in [1.807, 2.05) is 19.1 Å². The van der Waals surface area contributed by atoms with Crippen LogP contribution < -0.4 is 11.1 Å². The summed E-state index contributed by atoms with van der Waals surface area (Å²) in [5.41, 5.74) is 4.97. The molecule has 1 atom stereocenters. The summed E-state index contributed by atoms with van der Waals surface area (Å²) in [4.78, 5) is 24.4. The van der Waals surface area contributed by atoms with Crippen LogP contribution in [-0.2, 0) is 4.79 Å². The fourth-order valence-electron chi connectivity index (χ4n) is 2.16. The highest BCUT2D eigenvalue weighted by Gasteiger charge is 2.47. The smallest absolute Gasteiger partial charge is 0.324 e. The van der Waals surface area contributed by atoms with E-state index in [0.29, 0.717) is 18.7 Å². The van der Waals surface area contributed by atoms with Crippen molar-refractivity contribution >= 4 is 17.6 Å². The molecule has 2 rings (SSSR count). The number of hydrogen-bond donors (Lipinski definition) is 3. The Morgan fingerprint density at radius 3 is 2.58 bits per heavy atom. The molecule has 0 saturated carbocycles. The van der Waals surface area contributed by atoms with Gasteiger partial charge in [-0.1, -0.05) is 17.7 Å². The van der Waals surface area contributed by atoms with Crippen LogP contribution in [0.3, 0.4) is 0 Å². The summed E-state index contributed by atoms with van der Waals surface area (Å²) in [5, 5.41) is 12.8. The molecule has 3 amide bonds. The molecule has 6 nitrogen and oxygen atoms in total. The highest BCUT2D eigenvalue weighted by atomic mass is 16.3. The molecule has 6 heteroatoms. The minimum Gasteiger partial charge on any atom is -0.365 e. The van der Waals surface area contributed by atoms with Crippen LogP contribution >= 0.6 is 0 Å².